The first-order valence-corrected chi connectivity index (χ1v) is 16.4. The summed E-state index contributed by atoms with van der Waals surface area (Å²) in [6.07, 6.45) is 14.2. The summed E-state index contributed by atoms with van der Waals surface area (Å²) in [6.45, 7) is 26.0. The van der Waals surface area contributed by atoms with E-state index in [1.54, 1.807) is 0 Å². The molecule has 1 heteroatoms. The summed E-state index contributed by atoms with van der Waals surface area (Å²) >= 11 is 0. The highest BCUT2D eigenvalue weighted by Gasteiger charge is 2.38. The molecule has 0 radical (unpaired) electrons. The monoisotopic (exact) mass is 557 g/mol. The van der Waals surface area contributed by atoms with Gasteiger partial charge in [0.25, 0.3) is 0 Å². The first-order valence-electron chi connectivity index (χ1n) is 16.4. The maximum atomic E-state index is 6.58. The summed E-state index contributed by atoms with van der Waals surface area (Å²) in [7, 11) is 0. The lowest BCUT2D eigenvalue weighted by molar-refractivity contribution is 0.122. The SMILES string of the molecule is C=C(CCCCC(C)CCC)CC1CC(C(=C)C)C(C)C(C)C1N.C=CCc1ccccc1.CCc1ccccc1. The van der Waals surface area contributed by atoms with Crippen LogP contribution in [0.5, 0.6) is 0 Å². The number of aryl methyl sites for hydroxylation is 1. The highest BCUT2D eigenvalue weighted by molar-refractivity contribution is 5.17. The Balaban J connectivity index is 0.000000397. The Hall–Kier alpha value is -2.38. The number of hydrogen-bond donors (Lipinski definition) is 1. The lowest BCUT2D eigenvalue weighted by Gasteiger charge is -2.44. The molecule has 0 heterocycles. The number of nitrogens with two attached hydrogens (primary N) is 1. The molecule has 2 aromatic carbocycles. The van der Waals surface area contributed by atoms with E-state index in [1.807, 2.05) is 30.3 Å². The van der Waals surface area contributed by atoms with E-state index in [4.69, 9.17) is 5.73 Å². The Labute approximate surface area is 255 Å². The number of allylic oxidation sites excluding steroid dienone is 3. The third-order valence-electron chi connectivity index (χ3n) is 9.09. The predicted molar refractivity (Wildman–Crippen MR) is 185 cm³/mol. The van der Waals surface area contributed by atoms with Crippen molar-refractivity contribution >= 4 is 0 Å². The topological polar surface area (TPSA) is 26.0 Å². The summed E-state index contributed by atoms with van der Waals surface area (Å²) < 4.78 is 0. The van der Waals surface area contributed by atoms with Crippen LogP contribution in [-0.2, 0) is 12.8 Å². The molecular weight excluding hydrogens is 494 g/mol. The highest BCUT2D eigenvalue weighted by Crippen LogP contribution is 2.42. The number of benzene rings is 2. The van der Waals surface area contributed by atoms with Crippen molar-refractivity contribution in [1.29, 1.82) is 0 Å². The average Bonchev–Trinajstić information content (AvgIpc) is 2.97. The van der Waals surface area contributed by atoms with Gasteiger partial charge in [0.15, 0.2) is 0 Å². The van der Waals surface area contributed by atoms with Crippen LogP contribution in [0.15, 0.2) is 97.6 Å². The van der Waals surface area contributed by atoms with Crippen LogP contribution in [0.3, 0.4) is 0 Å². The van der Waals surface area contributed by atoms with Crippen molar-refractivity contribution in [1.82, 2.24) is 0 Å². The standard InChI is InChI=1S/C23H43N.C9H10.C8H10/c1-8-11-17(4)12-9-10-13-18(5)14-21-15-22(16(2)3)19(6)20(7)23(21)24;1-2-6-9-7-4-3-5-8-9;1-2-8-6-4-3-5-7-8/h17,19-23H,2,5,8-15,24H2,1,3-4,6-7H3;2-5,7-8H,1,6H2;3-7H,2H2,1H3. The molecular formula is C40H63N. The third kappa shape index (κ3) is 14.9. The van der Waals surface area contributed by atoms with Crippen molar-refractivity contribution in [3.63, 3.8) is 0 Å². The highest BCUT2D eigenvalue weighted by atomic mass is 14.7. The minimum absolute atomic E-state index is 0.317. The molecule has 6 unspecified atom stereocenters. The zero-order chi connectivity index (χ0) is 30.6. The lowest BCUT2D eigenvalue weighted by Crippen LogP contribution is -2.47. The van der Waals surface area contributed by atoms with Crippen LogP contribution in [0.25, 0.3) is 0 Å². The largest absolute Gasteiger partial charge is 0.327 e. The molecule has 6 atom stereocenters. The maximum Gasteiger partial charge on any atom is 0.00990 e. The fourth-order valence-electron chi connectivity index (χ4n) is 6.19. The number of hydrogen-bond acceptors (Lipinski definition) is 1. The van der Waals surface area contributed by atoms with Gasteiger partial charge >= 0.3 is 0 Å². The van der Waals surface area contributed by atoms with Crippen molar-refractivity contribution in [2.24, 2.45) is 35.3 Å². The van der Waals surface area contributed by atoms with Crippen molar-refractivity contribution in [3.8, 4) is 0 Å². The van der Waals surface area contributed by atoms with Crippen molar-refractivity contribution in [3.05, 3.63) is 109 Å². The van der Waals surface area contributed by atoms with E-state index in [0.29, 0.717) is 29.7 Å². The zero-order valence-electron chi connectivity index (χ0n) is 27.6. The van der Waals surface area contributed by atoms with Gasteiger partial charge in [-0.05, 0) is 86.2 Å². The van der Waals surface area contributed by atoms with Gasteiger partial charge in [0.2, 0.25) is 0 Å². The Morgan fingerprint density at radius 1 is 0.902 bits per heavy atom. The van der Waals surface area contributed by atoms with Crippen LogP contribution in [-0.4, -0.2) is 6.04 Å². The molecule has 41 heavy (non-hydrogen) atoms. The van der Waals surface area contributed by atoms with Gasteiger partial charge in [-0.2, -0.15) is 0 Å². The summed E-state index contributed by atoms with van der Waals surface area (Å²) in [6, 6.07) is 21.1. The van der Waals surface area contributed by atoms with E-state index < -0.39 is 0 Å². The Morgan fingerprint density at radius 2 is 1.49 bits per heavy atom. The van der Waals surface area contributed by atoms with E-state index in [2.05, 4.69) is 97.7 Å². The Morgan fingerprint density at radius 3 is 1.98 bits per heavy atom. The molecule has 1 aliphatic rings. The fourth-order valence-corrected chi connectivity index (χ4v) is 6.19. The molecule has 1 nitrogen and oxygen atoms in total. The second-order valence-electron chi connectivity index (χ2n) is 12.7. The quantitative estimate of drug-likeness (QED) is 0.192. The predicted octanol–water partition coefficient (Wildman–Crippen LogP) is 11.4. The molecule has 1 aliphatic carbocycles. The van der Waals surface area contributed by atoms with Gasteiger partial charge in [-0.25, -0.2) is 0 Å². The number of rotatable bonds is 13. The molecule has 0 saturated heterocycles. The molecule has 0 spiro atoms. The molecule has 3 rings (SSSR count). The Kier molecular flexibility index (Phi) is 19.1. The van der Waals surface area contributed by atoms with E-state index in [-0.39, 0.29) is 0 Å². The van der Waals surface area contributed by atoms with E-state index in [1.165, 1.54) is 67.2 Å². The van der Waals surface area contributed by atoms with E-state index in [9.17, 15) is 0 Å². The molecule has 0 aliphatic heterocycles. The van der Waals surface area contributed by atoms with E-state index in [0.717, 1.165) is 25.2 Å². The van der Waals surface area contributed by atoms with Crippen LogP contribution in [0.4, 0.5) is 0 Å². The summed E-state index contributed by atoms with van der Waals surface area (Å²) in [5.41, 5.74) is 12.1. The average molecular weight is 558 g/mol. The van der Waals surface area contributed by atoms with Crippen molar-refractivity contribution in [2.45, 2.75) is 112 Å². The first kappa shape index (κ1) is 36.6. The van der Waals surface area contributed by atoms with Gasteiger partial charge in [-0.15, -0.1) is 6.58 Å². The maximum absolute atomic E-state index is 6.58. The van der Waals surface area contributed by atoms with Crippen molar-refractivity contribution < 1.29 is 0 Å². The van der Waals surface area contributed by atoms with Crippen LogP contribution < -0.4 is 5.73 Å². The molecule has 2 aromatic rings. The lowest BCUT2D eigenvalue weighted by atomic mass is 9.63. The zero-order valence-corrected chi connectivity index (χ0v) is 27.6. The smallest absolute Gasteiger partial charge is 0.00990 e. The van der Waals surface area contributed by atoms with Gasteiger partial charge in [0.1, 0.15) is 0 Å². The minimum atomic E-state index is 0.317. The second-order valence-corrected chi connectivity index (χ2v) is 12.7. The molecule has 0 amide bonds. The molecule has 1 saturated carbocycles. The fraction of sp³-hybridized carbons (Fsp3) is 0.550. The van der Waals surface area contributed by atoms with Gasteiger partial charge in [-0.3, -0.25) is 0 Å². The summed E-state index contributed by atoms with van der Waals surface area (Å²) in [5, 5.41) is 0. The summed E-state index contributed by atoms with van der Waals surface area (Å²) in [4.78, 5) is 0. The molecule has 2 N–H and O–H groups in total. The van der Waals surface area contributed by atoms with Crippen LogP contribution in [0, 0.1) is 29.6 Å². The minimum Gasteiger partial charge on any atom is -0.327 e. The van der Waals surface area contributed by atoms with Crippen LogP contribution in [0.2, 0.25) is 0 Å². The van der Waals surface area contributed by atoms with Crippen LogP contribution in [0.1, 0.15) is 104 Å². The molecule has 0 bridgehead atoms. The molecule has 228 valence electrons. The third-order valence-corrected chi connectivity index (χ3v) is 9.09. The Bertz CT molecular complexity index is 959. The van der Waals surface area contributed by atoms with E-state index >= 15 is 0 Å². The normalized spacial score (nSPS) is 22.3. The van der Waals surface area contributed by atoms with Gasteiger partial charge in [-0.1, -0.05) is 151 Å². The molecule has 0 aromatic heterocycles. The van der Waals surface area contributed by atoms with Crippen LogP contribution >= 0.6 is 0 Å². The van der Waals surface area contributed by atoms with Gasteiger partial charge < -0.3 is 5.73 Å². The number of unbranched alkanes of at least 4 members (excludes halogenated alkanes) is 1. The van der Waals surface area contributed by atoms with Gasteiger partial charge in [0.05, 0.1) is 0 Å². The summed E-state index contributed by atoms with van der Waals surface area (Å²) in [5.74, 6) is 3.33. The second kappa shape index (κ2) is 21.3. The van der Waals surface area contributed by atoms with Crippen molar-refractivity contribution in [2.75, 3.05) is 0 Å². The van der Waals surface area contributed by atoms with Gasteiger partial charge in [0, 0.05) is 6.04 Å². The molecule has 1 fully saturated rings. The first-order chi connectivity index (χ1) is 19.6.